The zero-order valence-corrected chi connectivity index (χ0v) is 29.8. The Morgan fingerprint density at radius 2 is 1.08 bits per heavy atom. The second-order valence-corrected chi connectivity index (χ2v) is 15.3. The van der Waals surface area contributed by atoms with Crippen LogP contribution in [0.2, 0.25) is 0 Å². The van der Waals surface area contributed by atoms with Gasteiger partial charge in [-0.25, -0.2) is 0 Å². The molecule has 8 aromatic carbocycles. The molecule has 0 bridgehead atoms. The lowest BCUT2D eigenvalue weighted by atomic mass is 9.80. The number of hydrogen-bond acceptors (Lipinski definition) is 0. The highest BCUT2D eigenvalue weighted by Gasteiger charge is 2.38. The number of para-hydroxylation sites is 1. The lowest BCUT2D eigenvalue weighted by molar-refractivity contribution is 0.666. The van der Waals surface area contributed by atoms with E-state index in [0.717, 1.165) is 0 Å². The molecule has 250 valence electrons. The SMILES string of the molecule is CC1(C)c2ccccc2-c2ccc3c(c21)c1cc(-c2ccc4c(c2)-c2ccccc2C4c2cccc(-c4ccccc4)c2)ccc1n3-c1ccccc1. The average Bonchev–Trinajstić information content (AvgIpc) is 3.81. The van der Waals surface area contributed by atoms with E-state index in [9.17, 15) is 0 Å². The van der Waals surface area contributed by atoms with Crippen LogP contribution >= 0.6 is 0 Å². The van der Waals surface area contributed by atoms with Gasteiger partial charge in [-0.05, 0) is 109 Å². The van der Waals surface area contributed by atoms with Crippen LogP contribution in [-0.4, -0.2) is 4.57 Å². The molecule has 53 heavy (non-hydrogen) atoms. The van der Waals surface area contributed by atoms with Gasteiger partial charge in [-0.15, -0.1) is 0 Å². The Morgan fingerprint density at radius 3 is 1.92 bits per heavy atom. The molecule has 0 aliphatic heterocycles. The second kappa shape index (κ2) is 11.3. The molecule has 1 unspecified atom stereocenters. The molecular weight excluding hydrogens is 639 g/mol. The molecule has 9 aromatic rings. The van der Waals surface area contributed by atoms with Gasteiger partial charge in [-0.3, -0.25) is 0 Å². The van der Waals surface area contributed by atoms with Crippen LogP contribution in [0.3, 0.4) is 0 Å². The largest absolute Gasteiger partial charge is 0.309 e. The van der Waals surface area contributed by atoms with E-state index in [1.54, 1.807) is 0 Å². The van der Waals surface area contributed by atoms with Crippen LogP contribution in [0.4, 0.5) is 0 Å². The minimum atomic E-state index is -0.124. The highest BCUT2D eigenvalue weighted by Crippen LogP contribution is 2.54. The zero-order chi connectivity index (χ0) is 35.3. The Kier molecular flexibility index (Phi) is 6.43. The van der Waals surface area contributed by atoms with Crippen molar-refractivity contribution in [2.75, 3.05) is 0 Å². The Bertz CT molecular complexity index is 2910. The van der Waals surface area contributed by atoms with Crippen molar-refractivity contribution in [3.63, 3.8) is 0 Å². The fourth-order valence-corrected chi connectivity index (χ4v) is 9.69. The fourth-order valence-electron chi connectivity index (χ4n) is 9.69. The van der Waals surface area contributed by atoms with Crippen LogP contribution in [-0.2, 0) is 5.41 Å². The van der Waals surface area contributed by atoms with Crippen LogP contribution in [0.5, 0.6) is 0 Å². The van der Waals surface area contributed by atoms with E-state index in [2.05, 4.69) is 200 Å². The summed E-state index contributed by atoms with van der Waals surface area (Å²) in [5, 5.41) is 2.66. The number of fused-ring (bicyclic) bond motifs is 10. The van der Waals surface area contributed by atoms with Gasteiger partial charge in [0.1, 0.15) is 0 Å². The van der Waals surface area contributed by atoms with E-state index < -0.39 is 0 Å². The van der Waals surface area contributed by atoms with Crippen molar-refractivity contribution in [2.45, 2.75) is 25.2 Å². The lowest BCUT2D eigenvalue weighted by Gasteiger charge is -2.22. The third-order valence-corrected chi connectivity index (χ3v) is 12.0. The van der Waals surface area contributed by atoms with Crippen LogP contribution < -0.4 is 0 Å². The maximum Gasteiger partial charge on any atom is 0.0544 e. The summed E-state index contributed by atoms with van der Waals surface area (Å²) in [7, 11) is 0. The van der Waals surface area contributed by atoms with E-state index >= 15 is 0 Å². The molecule has 0 fully saturated rings. The van der Waals surface area contributed by atoms with Gasteiger partial charge in [0.2, 0.25) is 0 Å². The highest BCUT2D eigenvalue weighted by atomic mass is 15.0. The number of rotatable bonds is 4. The molecule has 2 aliphatic carbocycles. The summed E-state index contributed by atoms with van der Waals surface area (Å²) in [6.07, 6.45) is 0. The normalized spacial score (nSPS) is 14.9. The molecule has 0 spiro atoms. The van der Waals surface area contributed by atoms with Crippen molar-refractivity contribution in [2.24, 2.45) is 0 Å². The van der Waals surface area contributed by atoms with Crippen molar-refractivity contribution in [3.8, 4) is 50.2 Å². The fraction of sp³-hybridized carbons (Fsp3) is 0.0769. The molecule has 0 N–H and O–H groups in total. The summed E-state index contributed by atoms with van der Waals surface area (Å²) in [5.74, 6) is 0.191. The van der Waals surface area contributed by atoms with Crippen molar-refractivity contribution in [3.05, 3.63) is 210 Å². The maximum atomic E-state index is 2.46. The van der Waals surface area contributed by atoms with E-state index in [1.807, 2.05) is 0 Å². The summed E-state index contributed by atoms with van der Waals surface area (Å²) in [5.41, 5.74) is 20.8. The van der Waals surface area contributed by atoms with Crippen LogP contribution in [0.15, 0.2) is 182 Å². The number of hydrogen-bond donors (Lipinski definition) is 0. The minimum Gasteiger partial charge on any atom is -0.309 e. The predicted octanol–water partition coefficient (Wildman–Crippen LogP) is 13.6. The summed E-state index contributed by atoms with van der Waals surface area (Å²) in [6, 6.07) is 67.6. The molecule has 1 atom stereocenters. The van der Waals surface area contributed by atoms with Crippen molar-refractivity contribution in [1.82, 2.24) is 4.57 Å². The van der Waals surface area contributed by atoms with Crippen LogP contribution in [0.25, 0.3) is 72.0 Å². The molecule has 2 aliphatic rings. The monoisotopic (exact) mass is 675 g/mol. The van der Waals surface area contributed by atoms with Crippen molar-refractivity contribution < 1.29 is 0 Å². The summed E-state index contributed by atoms with van der Waals surface area (Å²) in [4.78, 5) is 0. The van der Waals surface area contributed by atoms with Gasteiger partial charge >= 0.3 is 0 Å². The highest BCUT2D eigenvalue weighted by molar-refractivity contribution is 6.15. The Hall–Kier alpha value is -6.44. The first-order chi connectivity index (χ1) is 26.1. The van der Waals surface area contributed by atoms with Gasteiger partial charge in [0, 0.05) is 27.8 Å². The number of benzene rings is 8. The van der Waals surface area contributed by atoms with Gasteiger partial charge in [0.05, 0.1) is 11.0 Å². The van der Waals surface area contributed by atoms with E-state index in [0.29, 0.717) is 0 Å². The lowest BCUT2D eigenvalue weighted by Crippen LogP contribution is -2.15. The summed E-state index contributed by atoms with van der Waals surface area (Å²) >= 11 is 0. The van der Waals surface area contributed by atoms with Gasteiger partial charge < -0.3 is 4.57 Å². The second-order valence-electron chi connectivity index (χ2n) is 15.3. The Morgan fingerprint density at radius 1 is 0.434 bits per heavy atom. The van der Waals surface area contributed by atoms with E-state index in [-0.39, 0.29) is 11.3 Å². The van der Waals surface area contributed by atoms with Gasteiger partial charge in [-0.1, -0.05) is 159 Å². The molecule has 1 heterocycles. The molecule has 1 heteroatoms. The summed E-state index contributed by atoms with van der Waals surface area (Å²) < 4.78 is 2.46. The van der Waals surface area contributed by atoms with Gasteiger partial charge in [0.15, 0.2) is 0 Å². The average molecular weight is 676 g/mol. The third kappa shape index (κ3) is 4.38. The number of nitrogens with zero attached hydrogens (tertiary/aromatic N) is 1. The molecule has 1 aromatic heterocycles. The zero-order valence-electron chi connectivity index (χ0n) is 29.8. The molecule has 0 saturated carbocycles. The first-order valence-electron chi connectivity index (χ1n) is 18.7. The number of aromatic nitrogens is 1. The first-order valence-corrected chi connectivity index (χ1v) is 18.7. The topological polar surface area (TPSA) is 4.93 Å². The molecule has 0 amide bonds. The van der Waals surface area contributed by atoms with Crippen molar-refractivity contribution in [1.29, 1.82) is 0 Å². The van der Waals surface area contributed by atoms with Crippen LogP contribution in [0.1, 0.15) is 47.6 Å². The standard InChI is InChI=1S/C52H37N/c1-52(2)46-23-12-11-21-40(46)43-27-29-48-50(51(43)52)45-32-36(25-28-47(45)53(48)38-18-7-4-8-19-38)35-24-26-42-44(31-35)39-20-9-10-22-41(39)49(42)37-17-13-16-34(30-37)33-14-5-3-6-15-33/h3-32,49H,1-2H3. The molecular formula is C52H37N. The first kappa shape index (κ1) is 30.2. The summed E-state index contributed by atoms with van der Waals surface area (Å²) in [6.45, 7) is 4.80. The Balaban J connectivity index is 1.11. The smallest absolute Gasteiger partial charge is 0.0544 e. The van der Waals surface area contributed by atoms with Gasteiger partial charge in [-0.2, -0.15) is 0 Å². The van der Waals surface area contributed by atoms with Crippen LogP contribution in [0, 0.1) is 0 Å². The molecule has 1 nitrogen and oxygen atoms in total. The molecule has 11 rings (SSSR count). The van der Waals surface area contributed by atoms with E-state index in [4.69, 9.17) is 0 Å². The third-order valence-electron chi connectivity index (χ3n) is 12.0. The quantitative estimate of drug-likeness (QED) is 0.175. The van der Waals surface area contributed by atoms with Gasteiger partial charge in [0.25, 0.3) is 0 Å². The molecule has 0 saturated heterocycles. The Labute approximate surface area is 310 Å². The minimum absolute atomic E-state index is 0.124. The molecule has 0 radical (unpaired) electrons. The predicted molar refractivity (Wildman–Crippen MR) is 222 cm³/mol. The van der Waals surface area contributed by atoms with E-state index in [1.165, 1.54) is 99.8 Å². The van der Waals surface area contributed by atoms with Crippen molar-refractivity contribution >= 4 is 21.8 Å². The maximum absolute atomic E-state index is 2.46.